The Morgan fingerprint density at radius 3 is 2.05 bits per heavy atom. The maximum absolute atomic E-state index is 12.5. The Hall–Kier alpha value is -2.00. The summed E-state index contributed by atoms with van der Waals surface area (Å²) >= 11 is 6.72. The third-order valence-corrected chi connectivity index (χ3v) is 7.93. The average Bonchev–Trinajstić information content (AvgIpc) is 3.00. The predicted octanol–water partition coefficient (Wildman–Crippen LogP) is 7.28. The van der Waals surface area contributed by atoms with Gasteiger partial charge in [-0.3, -0.25) is 0 Å². The number of hydrogen-bond acceptors (Lipinski definition) is 7. The predicted molar refractivity (Wildman–Crippen MR) is 165 cm³/mol. The first-order valence-electron chi connectivity index (χ1n) is 15.5. The topological polar surface area (TPSA) is 72.5 Å². The molecule has 0 radical (unpaired) electrons. The van der Waals surface area contributed by atoms with E-state index in [-0.39, 0.29) is 0 Å². The minimum Gasteiger partial charge on any atom is -0.494 e. The number of ether oxygens (including phenoxy) is 6. The van der Waals surface area contributed by atoms with Crippen LogP contribution in [0.5, 0.6) is 5.75 Å². The molecule has 2 aromatic rings. The molecule has 0 bridgehead atoms. The molecular formula is C34H49ClO7. The third-order valence-electron chi connectivity index (χ3n) is 7.56. The molecule has 5 atom stereocenters. The van der Waals surface area contributed by atoms with Gasteiger partial charge in [0.25, 0.3) is 0 Å². The molecule has 1 heterocycles. The number of halogens is 1. The van der Waals surface area contributed by atoms with E-state index in [1.165, 1.54) is 0 Å². The highest BCUT2D eigenvalue weighted by molar-refractivity contribution is 6.31. The molecule has 1 aliphatic rings. The minimum atomic E-state index is -1.42. The van der Waals surface area contributed by atoms with Gasteiger partial charge in [-0.1, -0.05) is 69.8 Å². The summed E-state index contributed by atoms with van der Waals surface area (Å²) in [6, 6.07) is 13.7. The molecule has 7 nitrogen and oxygen atoms in total. The van der Waals surface area contributed by atoms with Gasteiger partial charge in [0, 0.05) is 37.5 Å². The summed E-state index contributed by atoms with van der Waals surface area (Å²) < 4.78 is 37.8. The quantitative estimate of drug-likeness (QED) is 0.123. The van der Waals surface area contributed by atoms with Gasteiger partial charge in [-0.2, -0.15) is 0 Å². The molecule has 1 fully saturated rings. The van der Waals surface area contributed by atoms with Gasteiger partial charge in [-0.25, -0.2) is 0 Å². The van der Waals surface area contributed by atoms with Crippen LogP contribution in [0.15, 0.2) is 42.5 Å². The molecular weight excluding hydrogens is 556 g/mol. The van der Waals surface area contributed by atoms with Gasteiger partial charge >= 0.3 is 0 Å². The van der Waals surface area contributed by atoms with Gasteiger partial charge in [-0.15, -0.1) is 0 Å². The molecule has 2 aromatic carbocycles. The van der Waals surface area contributed by atoms with Gasteiger partial charge < -0.3 is 33.2 Å². The summed E-state index contributed by atoms with van der Waals surface area (Å²) in [5.74, 6) is -0.592. The summed E-state index contributed by atoms with van der Waals surface area (Å²) in [7, 11) is 1.58. The fraction of sp³-hybridized carbons (Fsp3) is 0.618. The number of benzene rings is 2. The fourth-order valence-corrected chi connectivity index (χ4v) is 5.39. The Bertz CT molecular complexity index is 1060. The maximum Gasteiger partial charge on any atom is 0.225 e. The molecule has 234 valence electrons. The van der Waals surface area contributed by atoms with Gasteiger partial charge in [0.05, 0.1) is 6.61 Å². The van der Waals surface area contributed by atoms with Crippen molar-refractivity contribution in [2.24, 2.45) is 0 Å². The molecule has 0 unspecified atom stereocenters. The van der Waals surface area contributed by atoms with Crippen LogP contribution >= 0.6 is 11.6 Å². The standard InChI is InChI=1S/C34H49ClO7/c1-6-10-19-39-31-30(24-36)42-34(37-5,33(41-21-12-8-3)32(31)40-20-11-7-2)27-15-18-29(35)26(23-27)22-25-13-16-28(17-14-25)38-9-4/h13-18,23-24,30-33H,6-12,19-22H2,1-5H3/t30-,31-,32+,33-,34+/m1/s1. The van der Waals surface area contributed by atoms with Crippen molar-refractivity contribution in [3.05, 3.63) is 64.2 Å². The smallest absolute Gasteiger partial charge is 0.225 e. The molecule has 0 N–H and O–H groups in total. The lowest BCUT2D eigenvalue weighted by molar-refractivity contribution is -0.370. The first-order valence-corrected chi connectivity index (χ1v) is 15.9. The number of hydrogen-bond donors (Lipinski definition) is 0. The molecule has 3 rings (SSSR count). The highest BCUT2D eigenvalue weighted by atomic mass is 35.5. The second-order valence-corrected chi connectivity index (χ2v) is 11.1. The SMILES string of the molecule is CCCCO[C@H]1[C@H](OCCCC)[C@@H](C=O)O[C@@](OC)(c2ccc(Cl)c(Cc3ccc(OCC)cc3)c2)[C@@H]1OCCCC. The zero-order valence-electron chi connectivity index (χ0n) is 25.9. The zero-order chi connectivity index (χ0) is 30.4. The summed E-state index contributed by atoms with van der Waals surface area (Å²) in [5.41, 5.74) is 2.69. The summed E-state index contributed by atoms with van der Waals surface area (Å²) in [6.45, 7) is 10.4. The minimum absolute atomic E-state index is 0.489. The number of rotatable bonds is 19. The fourth-order valence-electron chi connectivity index (χ4n) is 5.21. The van der Waals surface area contributed by atoms with Gasteiger partial charge in [0.15, 0.2) is 6.29 Å². The molecule has 0 saturated carbocycles. The normalized spacial score (nSPS) is 24.0. The van der Waals surface area contributed by atoms with E-state index in [0.717, 1.165) is 61.7 Å². The second-order valence-electron chi connectivity index (χ2n) is 10.7. The lowest BCUT2D eigenvalue weighted by Gasteiger charge is -2.51. The van der Waals surface area contributed by atoms with Gasteiger partial charge in [-0.05, 0) is 68.0 Å². The first-order chi connectivity index (χ1) is 20.5. The van der Waals surface area contributed by atoms with E-state index in [9.17, 15) is 4.79 Å². The van der Waals surface area contributed by atoms with Crippen LogP contribution in [0.3, 0.4) is 0 Å². The maximum atomic E-state index is 12.5. The molecule has 1 saturated heterocycles. The molecule has 1 aliphatic heterocycles. The number of unbranched alkanes of at least 4 members (excludes halogenated alkanes) is 3. The van der Waals surface area contributed by atoms with E-state index in [0.29, 0.717) is 43.4 Å². The zero-order valence-corrected chi connectivity index (χ0v) is 26.7. The second kappa shape index (κ2) is 18.0. The van der Waals surface area contributed by atoms with Crippen LogP contribution in [0, 0.1) is 0 Å². The van der Waals surface area contributed by atoms with Crippen LogP contribution in [-0.2, 0) is 40.7 Å². The number of aldehydes is 1. The largest absolute Gasteiger partial charge is 0.494 e. The number of methoxy groups -OCH3 is 1. The van der Waals surface area contributed by atoms with Crippen LogP contribution in [0.25, 0.3) is 0 Å². The summed E-state index contributed by atoms with van der Waals surface area (Å²) in [4.78, 5) is 12.5. The molecule has 0 amide bonds. The Balaban J connectivity index is 2.05. The van der Waals surface area contributed by atoms with Crippen molar-refractivity contribution in [1.82, 2.24) is 0 Å². The highest BCUT2D eigenvalue weighted by Crippen LogP contribution is 2.43. The first kappa shape index (κ1) is 34.5. The van der Waals surface area contributed by atoms with E-state index in [2.05, 4.69) is 20.8 Å². The Kier molecular flexibility index (Phi) is 14.7. The van der Waals surface area contributed by atoms with Crippen LogP contribution in [0.1, 0.15) is 82.9 Å². The van der Waals surface area contributed by atoms with Crippen LogP contribution < -0.4 is 4.74 Å². The van der Waals surface area contributed by atoms with Crippen molar-refractivity contribution < 1.29 is 33.2 Å². The van der Waals surface area contributed by atoms with Crippen molar-refractivity contribution in [3.63, 3.8) is 0 Å². The van der Waals surface area contributed by atoms with E-state index >= 15 is 0 Å². The van der Waals surface area contributed by atoms with Crippen molar-refractivity contribution in [1.29, 1.82) is 0 Å². The Morgan fingerprint density at radius 1 is 0.857 bits per heavy atom. The van der Waals surface area contributed by atoms with E-state index < -0.39 is 30.2 Å². The molecule has 42 heavy (non-hydrogen) atoms. The lowest BCUT2D eigenvalue weighted by atomic mass is 9.86. The van der Waals surface area contributed by atoms with Crippen LogP contribution in [0.2, 0.25) is 5.02 Å². The number of carbonyl (C=O) groups excluding carboxylic acids is 1. The average molecular weight is 605 g/mol. The van der Waals surface area contributed by atoms with E-state index in [1.54, 1.807) is 7.11 Å². The van der Waals surface area contributed by atoms with Gasteiger partial charge in [0.1, 0.15) is 30.2 Å². The molecule has 0 spiro atoms. The number of carbonyl (C=O) groups is 1. The van der Waals surface area contributed by atoms with Crippen molar-refractivity contribution in [2.75, 3.05) is 33.5 Å². The van der Waals surface area contributed by atoms with Gasteiger partial charge in [0.2, 0.25) is 5.79 Å². The van der Waals surface area contributed by atoms with E-state index in [4.69, 9.17) is 40.0 Å². The molecule has 0 aromatic heterocycles. The highest BCUT2D eigenvalue weighted by Gasteiger charge is 2.58. The summed E-state index contributed by atoms with van der Waals surface area (Å²) in [5, 5.41) is 0.626. The molecule has 8 heteroatoms. The van der Waals surface area contributed by atoms with Crippen molar-refractivity contribution >= 4 is 17.9 Å². The third kappa shape index (κ3) is 8.77. The molecule has 0 aliphatic carbocycles. The van der Waals surface area contributed by atoms with Crippen LogP contribution in [-0.4, -0.2) is 64.2 Å². The van der Waals surface area contributed by atoms with Crippen LogP contribution in [0.4, 0.5) is 0 Å². The van der Waals surface area contributed by atoms with Crippen molar-refractivity contribution in [2.45, 2.75) is 103 Å². The Morgan fingerprint density at radius 2 is 1.48 bits per heavy atom. The monoisotopic (exact) mass is 604 g/mol. The summed E-state index contributed by atoms with van der Waals surface area (Å²) in [6.07, 6.45) is 4.09. The van der Waals surface area contributed by atoms with Crippen molar-refractivity contribution in [3.8, 4) is 5.75 Å². The lowest BCUT2D eigenvalue weighted by Crippen LogP contribution is -2.66. The Labute approximate surface area is 257 Å². The van der Waals surface area contributed by atoms with E-state index in [1.807, 2.05) is 49.4 Å².